The topological polar surface area (TPSA) is 117 Å². The van der Waals surface area contributed by atoms with E-state index in [1.165, 1.54) is 11.3 Å². The second-order valence-electron chi connectivity index (χ2n) is 6.62. The molecule has 0 radical (unpaired) electrons. The minimum Gasteiger partial charge on any atom is -0.339 e. The summed E-state index contributed by atoms with van der Waals surface area (Å²) in [4.78, 5) is 41.5. The standard InChI is InChI=1S/C19H17N5O4S/c1-19(13-5-3-2-4-6-13)17(26)24(18(27)21-19)22-14(25)7-8-15-20-16(23-28-15)12-9-10-29-11-12/h2-6,9-11H,7-8H2,1H3,(H,21,27)(H,22,25)/t19-/m1/s1. The van der Waals surface area contributed by atoms with Crippen LogP contribution in [-0.4, -0.2) is 33.0 Å². The lowest BCUT2D eigenvalue weighted by atomic mass is 9.92. The number of imide groups is 1. The maximum absolute atomic E-state index is 12.8. The van der Waals surface area contributed by atoms with Gasteiger partial charge in [-0.25, -0.2) is 4.79 Å². The summed E-state index contributed by atoms with van der Waals surface area (Å²) in [5.41, 5.74) is 2.58. The number of amides is 4. The molecule has 1 saturated heterocycles. The first-order valence-corrected chi connectivity index (χ1v) is 9.78. The molecule has 3 aromatic rings. The highest BCUT2D eigenvalue weighted by Gasteiger charge is 2.49. The quantitative estimate of drug-likeness (QED) is 0.601. The summed E-state index contributed by atoms with van der Waals surface area (Å²) >= 11 is 1.52. The summed E-state index contributed by atoms with van der Waals surface area (Å²) < 4.78 is 5.15. The van der Waals surface area contributed by atoms with Gasteiger partial charge in [-0.2, -0.15) is 21.3 Å². The molecule has 9 nitrogen and oxygen atoms in total. The maximum atomic E-state index is 12.8. The minimum absolute atomic E-state index is 0.0234. The Morgan fingerprint density at radius 1 is 1.28 bits per heavy atom. The maximum Gasteiger partial charge on any atom is 0.344 e. The second kappa shape index (κ2) is 7.47. The molecule has 1 atom stereocenters. The van der Waals surface area contributed by atoms with Gasteiger partial charge in [-0.15, -0.1) is 0 Å². The van der Waals surface area contributed by atoms with Crippen molar-refractivity contribution >= 4 is 29.2 Å². The number of nitrogens with zero attached hydrogens (tertiary/aromatic N) is 3. The van der Waals surface area contributed by atoms with Crippen molar-refractivity contribution in [2.45, 2.75) is 25.3 Å². The van der Waals surface area contributed by atoms with Crippen molar-refractivity contribution in [3.05, 3.63) is 58.6 Å². The molecule has 10 heteroatoms. The average molecular weight is 411 g/mol. The Hall–Kier alpha value is -3.53. The molecule has 1 aliphatic heterocycles. The van der Waals surface area contributed by atoms with E-state index in [4.69, 9.17) is 4.52 Å². The third-order valence-corrected chi connectivity index (χ3v) is 5.28. The highest BCUT2D eigenvalue weighted by atomic mass is 32.1. The molecule has 2 aromatic heterocycles. The van der Waals surface area contributed by atoms with Crippen LogP contribution in [0.2, 0.25) is 0 Å². The third-order valence-electron chi connectivity index (χ3n) is 4.59. The summed E-state index contributed by atoms with van der Waals surface area (Å²) in [5, 5.41) is 11.0. The molecule has 0 unspecified atom stereocenters. The van der Waals surface area contributed by atoms with E-state index in [1.54, 1.807) is 31.2 Å². The molecule has 1 aliphatic rings. The number of hydrazine groups is 1. The SMILES string of the molecule is C[C@]1(c2ccccc2)NC(=O)N(NC(=O)CCc2nc(-c3ccsc3)no2)C1=O. The smallest absolute Gasteiger partial charge is 0.339 e. The van der Waals surface area contributed by atoms with Gasteiger partial charge in [0.15, 0.2) is 0 Å². The molecule has 4 amide bonds. The van der Waals surface area contributed by atoms with Crippen LogP contribution in [0.5, 0.6) is 0 Å². The number of rotatable bonds is 6. The molecule has 4 rings (SSSR count). The van der Waals surface area contributed by atoms with Crippen molar-refractivity contribution in [2.24, 2.45) is 0 Å². The molecule has 0 bridgehead atoms. The van der Waals surface area contributed by atoms with E-state index in [2.05, 4.69) is 20.9 Å². The number of hydrogen-bond donors (Lipinski definition) is 2. The normalized spacial score (nSPS) is 18.7. The largest absolute Gasteiger partial charge is 0.344 e. The molecule has 0 aliphatic carbocycles. The van der Waals surface area contributed by atoms with Gasteiger partial charge in [-0.1, -0.05) is 35.5 Å². The molecular formula is C19H17N5O4S. The van der Waals surface area contributed by atoms with Crippen molar-refractivity contribution in [1.29, 1.82) is 0 Å². The van der Waals surface area contributed by atoms with E-state index in [0.717, 1.165) is 5.56 Å². The average Bonchev–Trinajstić information content (AvgIpc) is 3.45. The fourth-order valence-electron chi connectivity index (χ4n) is 2.97. The number of thiophene rings is 1. The van der Waals surface area contributed by atoms with Crippen molar-refractivity contribution in [1.82, 2.24) is 25.9 Å². The fraction of sp³-hybridized carbons (Fsp3) is 0.211. The van der Waals surface area contributed by atoms with Gasteiger partial charge in [0.2, 0.25) is 17.6 Å². The summed E-state index contributed by atoms with van der Waals surface area (Å²) in [6.07, 6.45) is 0.160. The number of carbonyl (C=O) groups excluding carboxylic acids is 3. The van der Waals surface area contributed by atoms with Crippen molar-refractivity contribution < 1.29 is 18.9 Å². The number of benzene rings is 1. The Bertz CT molecular complexity index is 1050. The molecule has 29 heavy (non-hydrogen) atoms. The van der Waals surface area contributed by atoms with Gasteiger partial charge in [0.1, 0.15) is 5.54 Å². The van der Waals surface area contributed by atoms with Gasteiger partial charge in [0.05, 0.1) is 0 Å². The number of hydrogen-bond acceptors (Lipinski definition) is 7. The predicted molar refractivity (Wildman–Crippen MR) is 103 cm³/mol. The Morgan fingerprint density at radius 3 is 2.79 bits per heavy atom. The summed E-state index contributed by atoms with van der Waals surface area (Å²) in [5.74, 6) is -0.317. The van der Waals surface area contributed by atoms with Gasteiger partial charge in [0.25, 0.3) is 5.91 Å². The van der Waals surface area contributed by atoms with E-state index in [-0.39, 0.29) is 12.8 Å². The van der Waals surface area contributed by atoms with Gasteiger partial charge >= 0.3 is 6.03 Å². The third kappa shape index (κ3) is 3.61. The zero-order valence-corrected chi connectivity index (χ0v) is 16.2. The molecule has 0 saturated carbocycles. The van der Waals surface area contributed by atoms with E-state index in [0.29, 0.717) is 22.3 Å². The number of carbonyl (C=O) groups is 3. The van der Waals surface area contributed by atoms with Crippen molar-refractivity contribution in [2.75, 3.05) is 0 Å². The lowest BCUT2D eigenvalue weighted by molar-refractivity contribution is -0.139. The Kier molecular flexibility index (Phi) is 4.85. The van der Waals surface area contributed by atoms with Crippen LogP contribution in [0.15, 0.2) is 51.7 Å². The minimum atomic E-state index is -1.24. The van der Waals surface area contributed by atoms with Gasteiger partial charge in [-0.3, -0.25) is 15.0 Å². The predicted octanol–water partition coefficient (Wildman–Crippen LogP) is 2.23. The molecule has 0 spiro atoms. The molecule has 148 valence electrons. The van der Waals surface area contributed by atoms with Gasteiger partial charge in [0, 0.05) is 23.8 Å². The molecular weight excluding hydrogens is 394 g/mol. The number of urea groups is 1. The highest BCUT2D eigenvalue weighted by Crippen LogP contribution is 2.27. The summed E-state index contributed by atoms with van der Waals surface area (Å²) in [6, 6.07) is 10.0. The van der Waals surface area contributed by atoms with Crippen LogP contribution in [0.1, 0.15) is 24.8 Å². The van der Waals surface area contributed by atoms with E-state index < -0.39 is 23.4 Å². The van der Waals surface area contributed by atoms with Gasteiger partial charge < -0.3 is 9.84 Å². The van der Waals surface area contributed by atoms with E-state index in [1.807, 2.05) is 22.9 Å². The first-order chi connectivity index (χ1) is 14.0. The van der Waals surface area contributed by atoms with Crippen LogP contribution in [0.3, 0.4) is 0 Å². The summed E-state index contributed by atoms with van der Waals surface area (Å²) in [7, 11) is 0. The molecule has 1 fully saturated rings. The monoisotopic (exact) mass is 411 g/mol. The first kappa shape index (κ1) is 18.8. The van der Waals surface area contributed by atoms with Crippen LogP contribution < -0.4 is 10.7 Å². The van der Waals surface area contributed by atoms with Gasteiger partial charge in [-0.05, 0) is 23.9 Å². The molecule has 3 heterocycles. The van der Waals surface area contributed by atoms with Crippen molar-refractivity contribution in [3.63, 3.8) is 0 Å². The highest BCUT2D eigenvalue weighted by molar-refractivity contribution is 7.08. The van der Waals surface area contributed by atoms with Crippen LogP contribution in [-0.2, 0) is 21.5 Å². The lowest BCUT2D eigenvalue weighted by Gasteiger charge is -2.22. The van der Waals surface area contributed by atoms with Crippen LogP contribution in [0, 0.1) is 0 Å². The Balaban J connectivity index is 1.37. The fourth-order valence-corrected chi connectivity index (χ4v) is 3.61. The zero-order valence-electron chi connectivity index (χ0n) is 15.4. The number of aryl methyl sites for hydroxylation is 1. The number of nitrogens with one attached hydrogen (secondary N) is 2. The van der Waals surface area contributed by atoms with Crippen LogP contribution >= 0.6 is 11.3 Å². The van der Waals surface area contributed by atoms with Crippen molar-refractivity contribution in [3.8, 4) is 11.4 Å². The Morgan fingerprint density at radius 2 is 2.07 bits per heavy atom. The number of aromatic nitrogens is 2. The first-order valence-electron chi connectivity index (χ1n) is 8.84. The van der Waals surface area contributed by atoms with Crippen LogP contribution in [0.25, 0.3) is 11.4 Å². The molecule has 1 aromatic carbocycles. The van der Waals surface area contributed by atoms with E-state index in [9.17, 15) is 14.4 Å². The van der Waals surface area contributed by atoms with E-state index >= 15 is 0 Å². The molecule has 2 N–H and O–H groups in total. The second-order valence-corrected chi connectivity index (χ2v) is 7.40. The Labute approximate surface area is 169 Å². The zero-order chi connectivity index (χ0) is 20.4. The summed E-state index contributed by atoms with van der Waals surface area (Å²) in [6.45, 7) is 1.60. The van der Waals surface area contributed by atoms with Crippen LogP contribution in [0.4, 0.5) is 4.79 Å². The lowest BCUT2D eigenvalue weighted by Crippen LogP contribution is -2.48.